The van der Waals surface area contributed by atoms with Gasteiger partial charge in [-0.3, -0.25) is 14.6 Å². The summed E-state index contributed by atoms with van der Waals surface area (Å²) in [5.74, 6) is -0.686. The van der Waals surface area contributed by atoms with Gasteiger partial charge in [-0.1, -0.05) is 13.0 Å². The number of carbonyl (C=O) groups is 2. The van der Waals surface area contributed by atoms with Gasteiger partial charge in [0.05, 0.1) is 28.7 Å². The van der Waals surface area contributed by atoms with Crippen molar-refractivity contribution in [3.05, 3.63) is 48.0 Å². The Labute approximate surface area is 191 Å². The lowest BCUT2D eigenvalue weighted by molar-refractivity contribution is 0.0995. The number of primary amides is 1. The number of carbonyl (C=O) groups excluding carboxylic acids is 2. The minimum absolute atomic E-state index is 0.0259. The molecule has 0 aromatic carbocycles. The van der Waals surface area contributed by atoms with Crippen molar-refractivity contribution >= 4 is 32.9 Å². The monoisotopic (exact) mass is 470 g/mol. The lowest BCUT2D eigenvalue weighted by atomic mass is 10.1. The zero-order valence-electron chi connectivity index (χ0n) is 18.6. The Morgan fingerprint density at radius 3 is 2.58 bits per heavy atom. The van der Waals surface area contributed by atoms with Crippen molar-refractivity contribution < 1.29 is 18.0 Å². The molecule has 0 saturated carbocycles. The van der Waals surface area contributed by atoms with E-state index in [1.807, 2.05) is 13.0 Å². The van der Waals surface area contributed by atoms with Crippen LogP contribution in [-0.2, 0) is 10.0 Å². The van der Waals surface area contributed by atoms with Crippen LogP contribution in [0.25, 0.3) is 16.6 Å². The van der Waals surface area contributed by atoms with E-state index in [0.717, 1.165) is 11.1 Å². The number of fused-ring (bicyclic) bond motifs is 1. The number of pyridine rings is 1. The third-order valence-corrected chi connectivity index (χ3v) is 7.84. The Bertz CT molecular complexity index is 1330. The SMILES string of the molecule is CCS(=O)(=O)N1C[C@@H](C)[C@H](Nc2c(C(N)=O)cnn3cc(-c4ccc(C(C)=O)nc4)cc23)C1. The summed E-state index contributed by atoms with van der Waals surface area (Å²) >= 11 is 0. The summed E-state index contributed by atoms with van der Waals surface area (Å²) in [5, 5.41) is 7.68. The summed E-state index contributed by atoms with van der Waals surface area (Å²) in [7, 11) is -3.31. The predicted octanol–water partition coefficient (Wildman–Crippen LogP) is 1.78. The Hall–Kier alpha value is -3.31. The molecule has 0 aliphatic carbocycles. The van der Waals surface area contributed by atoms with E-state index < -0.39 is 15.9 Å². The lowest BCUT2D eigenvalue weighted by Gasteiger charge is -2.20. The zero-order chi connectivity index (χ0) is 23.9. The van der Waals surface area contributed by atoms with Gasteiger partial charge in [-0.25, -0.2) is 12.9 Å². The minimum atomic E-state index is -3.31. The first-order valence-electron chi connectivity index (χ1n) is 10.6. The summed E-state index contributed by atoms with van der Waals surface area (Å²) in [6, 6.07) is 5.11. The second kappa shape index (κ2) is 8.56. The third kappa shape index (κ3) is 4.33. The maximum atomic E-state index is 12.3. The number of nitrogens with two attached hydrogens (primary N) is 1. The second-order valence-electron chi connectivity index (χ2n) is 8.29. The van der Waals surface area contributed by atoms with Crippen LogP contribution in [-0.4, -0.2) is 63.9 Å². The molecule has 3 aromatic rings. The first-order valence-corrected chi connectivity index (χ1v) is 12.2. The molecule has 174 valence electrons. The van der Waals surface area contributed by atoms with Crippen molar-refractivity contribution in [2.75, 3.05) is 24.2 Å². The molecule has 0 bridgehead atoms. The van der Waals surface area contributed by atoms with E-state index in [4.69, 9.17) is 5.73 Å². The van der Waals surface area contributed by atoms with Crippen molar-refractivity contribution in [3.8, 4) is 11.1 Å². The van der Waals surface area contributed by atoms with Gasteiger partial charge in [0.1, 0.15) is 5.69 Å². The fourth-order valence-electron chi connectivity index (χ4n) is 4.03. The Kier molecular flexibility index (Phi) is 5.93. The summed E-state index contributed by atoms with van der Waals surface area (Å²) in [4.78, 5) is 27.9. The van der Waals surface area contributed by atoms with Crippen LogP contribution in [0.4, 0.5) is 5.69 Å². The molecule has 1 fully saturated rings. The van der Waals surface area contributed by atoms with E-state index in [1.165, 1.54) is 17.4 Å². The molecule has 0 spiro atoms. The normalized spacial score (nSPS) is 19.1. The van der Waals surface area contributed by atoms with Gasteiger partial charge < -0.3 is 11.1 Å². The van der Waals surface area contributed by atoms with Gasteiger partial charge in [0.15, 0.2) is 5.78 Å². The number of Topliss-reactive ketones (excluding diaryl/α,β-unsaturated/α-hetero) is 1. The van der Waals surface area contributed by atoms with Crippen molar-refractivity contribution in [2.45, 2.75) is 26.8 Å². The average molecular weight is 471 g/mol. The first kappa shape index (κ1) is 22.9. The van der Waals surface area contributed by atoms with Gasteiger partial charge in [0.2, 0.25) is 10.0 Å². The summed E-state index contributed by atoms with van der Waals surface area (Å²) < 4.78 is 27.8. The van der Waals surface area contributed by atoms with E-state index in [2.05, 4.69) is 15.4 Å². The molecule has 11 heteroatoms. The number of hydrogen-bond acceptors (Lipinski definition) is 7. The lowest BCUT2D eigenvalue weighted by Crippen LogP contribution is -2.33. The third-order valence-electron chi connectivity index (χ3n) is 6.03. The maximum absolute atomic E-state index is 12.3. The Morgan fingerprint density at radius 2 is 1.97 bits per heavy atom. The standard InChI is InChI=1S/C22H26N6O4S/c1-4-33(31,32)27-10-13(2)19(12-27)26-21-17(22(23)30)9-25-28-11-16(7-20(21)28)15-5-6-18(14(3)29)24-8-15/h5-9,11,13,19,26H,4,10,12H2,1-3H3,(H2,23,30)/t13-,19-/m1/s1. The Balaban J connectivity index is 1.73. The highest BCUT2D eigenvalue weighted by Crippen LogP contribution is 2.31. The molecule has 3 N–H and O–H groups in total. The number of amides is 1. The molecule has 0 unspecified atom stereocenters. The van der Waals surface area contributed by atoms with E-state index in [1.54, 1.807) is 36.0 Å². The number of nitrogens with zero attached hydrogens (tertiary/aromatic N) is 4. The van der Waals surface area contributed by atoms with Crippen molar-refractivity contribution in [1.29, 1.82) is 0 Å². The van der Waals surface area contributed by atoms with Crippen LogP contribution in [0.2, 0.25) is 0 Å². The fourth-order valence-corrected chi connectivity index (χ4v) is 5.25. The number of rotatable bonds is 7. The van der Waals surface area contributed by atoms with E-state index in [-0.39, 0.29) is 29.1 Å². The number of aromatic nitrogens is 3. The van der Waals surface area contributed by atoms with Crippen LogP contribution < -0.4 is 11.1 Å². The topological polar surface area (TPSA) is 140 Å². The number of sulfonamides is 1. The molecular formula is C22H26N6O4S. The molecule has 1 saturated heterocycles. The fraction of sp³-hybridized carbons (Fsp3) is 0.364. The van der Waals surface area contributed by atoms with Gasteiger partial charge in [-0.15, -0.1) is 0 Å². The number of ketones is 1. The smallest absolute Gasteiger partial charge is 0.252 e. The molecule has 33 heavy (non-hydrogen) atoms. The summed E-state index contributed by atoms with van der Waals surface area (Å²) in [6.07, 6.45) is 4.81. The highest BCUT2D eigenvalue weighted by atomic mass is 32.2. The molecule has 1 aliphatic heterocycles. The predicted molar refractivity (Wildman–Crippen MR) is 125 cm³/mol. The van der Waals surface area contributed by atoms with Crippen molar-refractivity contribution in [3.63, 3.8) is 0 Å². The zero-order valence-corrected chi connectivity index (χ0v) is 19.5. The van der Waals surface area contributed by atoms with Crippen LogP contribution in [0, 0.1) is 5.92 Å². The highest BCUT2D eigenvalue weighted by molar-refractivity contribution is 7.89. The molecule has 10 nitrogen and oxygen atoms in total. The van der Waals surface area contributed by atoms with E-state index >= 15 is 0 Å². The highest BCUT2D eigenvalue weighted by Gasteiger charge is 2.36. The van der Waals surface area contributed by atoms with Gasteiger partial charge in [0, 0.05) is 49.6 Å². The van der Waals surface area contributed by atoms with E-state index in [0.29, 0.717) is 30.0 Å². The molecule has 3 aromatic heterocycles. The van der Waals surface area contributed by atoms with Gasteiger partial charge in [0.25, 0.3) is 5.91 Å². The number of nitrogens with one attached hydrogen (secondary N) is 1. The molecular weight excluding hydrogens is 444 g/mol. The number of anilines is 1. The van der Waals surface area contributed by atoms with E-state index in [9.17, 15) is 18.0 Å². The average Bonchev–Trinajstić information content (AvgIpc) is 3.38. The van der Waals surface area contributed by atoms with Crippen LogP contribution >= 0.6 is 0 Å². The molecule has 2 atom stereocenters. The van der Waals surface area contributed by atoms with Crippen LogP contribution in [0.3, 0.4) is 0 Å². The minimum Gasteiger partial charge on any atom is -0.378 e. The second-order valence-corrected chi connectivity index (χ2v) is 10.5. The summed E-state index contributed by atoms with van der Waals surface area (Å²) in [6.45, 7) is 5.75. The van der Waals surface area contributed by atoms with Crippen LogP contribution in [0.5, 0.6) is 0 Å². The van der Waals surface area contributed by atoms with Crippen LogP contribution in [0.15, 0.2) is 36.8 Å². The molecule has 4 heterocycles. The largest absolute Gasteiger partial charge is 0.378 e. The van der Waals surface area contributed by atoms with Gasteiger partial charge in [-0.2, -0.15) is 9.40 Å². The molecule has 0 radical (unpaired) electrons. The Morgan fingerprint density at radius 1 is 1.21 bits per heavy atom. The van der Waals surface area contributed by atoms with Crippen LogP contribution in [0.1, 0.15) is 41.6 Å². The van der Waals surface area contributed by atoms with Gasteiger partial charge in [-0.05, 0) is 25.0 Å². The molecule has 4 rings (SSSR count). The van der Waals surface area contributed by atoms with Crippen molar-refractivity contribution in [1.82, 2.24) is 18.9 Å². The summed E-state index contributed by atoms with van der Waals surface area (Å²) in [5.41, 5.74) is 8.93. The molecule has 1 aliphatic rings. The first-order chi connectivity index (χ1) is 15.6. The number of hydrogen-bond donors (Lipinski definition) is 2. The quantitative estimate of drug-likeness (QED) is 0.502. The van der Waals surface area contributed by atoms with Crippen molar-refractivity contribution in [2.24, 2.45) is 11.7 Å². The maximum Gasteiger partial charge on any atom is 0.252 e. The van der Waals surface area contributed by atoms with Gasteiger partial charge >= 0.3 is 0 Å². The molecule has 1 amide bonds.